The predicted molar refractivity (Wildman–Crippen MR) is 71.6 cm³/mol. The maximum absolute atomic E-state index is 12.9. The summed E-state index contributed by atoms with van der Waals surface area (Å²) >= 11 is 0. The lowest BCUT2D eigenvalue weighted by Gasteiger charge is -2.52. The van der Waals surface area contributed by atoms with Crippen molar-refractivity contribution in [1.29, 1.82) is 0 Å². The molecule has 116 valence electrons. The molecule has 2 rings (SSSR count). The first-order chi connectivity index (χ1) is 9.67. The van der Waals surface area contributed by atoms with Gasteiger partial charge >= 0.3 is 6.18 Å². The Morgan fingerprint density at radius 2 is 1.95 bits per heavy atom. The number of carbonyl (C=O) groups excluding carboxylic acids is 1. The van der Waals surface area contributed by atoms with E-state index in [1.165, 1.54) is 13.2 Å². The van der Waals surface area contributed by atoms with Crippen molar-refractivity contribution in [2.24, 2.45) is 5.73 Å². The van der Waals surface area contributed by atoms with Crippen molar-refractivity contribution in [2.45, 2.75) is 43.4 Å². The average molecular weight is 301 g/mol. The van der Waals surface area contributed by atoms with Crippen LogP contribution in [-0.4, -0.2) is 18.6 Å². The second kappa shape index (κ2) is 5.02. The molecule has 1 saturated carbocycles. The molecule has 0 bridgehead atoms. The third-order valence-electron chi connectivity index (χ3n) is 4.74. The smallest absolute Gasteiger partial charge is 0.368 e. The van der Waals surface area contributed by atoms with Gasteiger partial charge in [0.15, 0.2) is 5.60 Å². The number of hydrogen-bond acceptors (Lipinski definition) is 2. The molecule has 0 radical (unpaired) electrons. The second-order valence-electron chi connectivity index (χ2n) is 5.62. The Balaban J connectivity index is 2.54. The van der Waals surface area contributed by atoms with Crippen LogP contribution in [0.15, 0.2) is 24.3 Å². The summed E-state index contributed by atoms with van der Waals surface area (Å²) < 4.78 is 44.0. The Labute approximate surface area is 121 Å². The van der Waals surface area contributed by atoms with E-state index < -0.39 is 28.7 Å². The zero-order valence-corrected chi connectivity index (χ0v) is 12.0. The minimum Gasteiger partial charge on any atom is -0.368 e. The summed E-state index contributed by atoms with van der Waals surface area (Å²) in [7, 11) is 1.36. The number of methoxy groups -OCH3 is 1. The SMILES string of the molecule is COC(C)(C(N)=O)C1(c2cccc(C(F)(F)F)c2)CCC1. The highest BCUT2D eigenvalue weighted by Gasteiger charge is 2.57. The Morgan fingerprint density at radius 1 is 1.33 bits per heavy atom. The van der Waals surface area contributed by atoms with Crippen LogP contribution in [0.2, 0.25) is 0 Å². The lowest BCUT2D eigenvalue weighted by atomic mass is 9.55. The molecule has 2 N–H and O–H groups in total. The highest BCUT2D eigenvalue weighted by atomic mass is 19.4. The van der Waals surface area contributed by atoms with E-state index in [1.807, 2.05) is 0 Å². The van der Waals surface area contributed by atoms with Crippen LogP contribution in [0.4, 0.5) is 13.2 Å². The number of alkyl halides is 3. The van der Waals surface area contributed by atoms with Crippen LogP contribution in [0.25, 0.3) is 0 Å². The molecule has 0 aliphatic heterocycles. The number of primary amides is 1. The number of halogens is 3. The van der Waals surface area contributed by atoms with E-state index >= 15 is 0 Å². The van der Waals surface area contributed by atoms with Crippen molar-refractivity contribution < 1.29 is 22.7 Å². The van der Waals surface area contributed by atoms with Gasteiger partial charge in [-0.15, -0.1) is 0 Å². The van der Waals surface area contributed by atoms with Crippen molar-refractivity contribution in [3.05, 3.63) is 35.4 Å². The molecule has 6 heteroatoms. The summed E-state index contributed by atoms with van der Waals surface area (Å²) in [5, 5.41) is 0. The monoisotopic (exact) mass is 301 g/mol. The number of amides is 1. The van der Waals surface area contributed by atoms with Gasteiger partial charge in [-0.25, -0.2) is 0 Å². The average Bonchev–Trinajstić information content (AvgIpc) is 2.36. The molecule has 0 spiro atoms. The van der Waals surface area contributed by atoms with E-state index in [0.29, 0.717) is 18.4 Å². The van der Waals surface area contributed by atoms with Crippen LogP contribution in [0, 0.1) is 0 Å². The maximum atomic E-state index is 12.9. The number of benzene rings is 1. The van der Waals surface area contributed by atoms with Crippen LogP contribution < -0.4 is 5.73 Å². The summed E-state index contributed by atoms with van der Waals surface area (Å²) in [4.78, 5) is 11.8. The number of nitrogens with two attached hydrogens (primary N) is 1. The zero-order chi connectivity index (χ0) is 15.9. The Bertz CT molecular complexity index is 552. The maximum Gasteiger partial charge on any atom is 0.416 e. The van der Waals surface area contributed by atoms with E-state index in [2.05, 4.69) is 0 Å². The molecular formula is C15H18F3NO2. The summed E-state index contributed by atoms with van der Waals surface area (Å²) in [6.07, 6.45) is -2.46. The van der Waals surface area contributed by atoms with E-state index in [1.54, 1.807) is 13.0 Å². The van der Waals surface area contributed by atoms with Gasteiger partial charge in [0.2, 0.25) is 5.91 Å². The van der Waals surface area contributed by atoms with Gasteiger partial charge in [-0.2, -0.15) is 13.2 Å². The number of rotatable bonds is 4. The molecule has 1 unspecified atom stereocenters. The fourth-order valence-electron chi connectivity index (χ4n) is 3.10. The fourth-order valence-corrected chi connectivity index (χ4v) is 3.10. The van der Waals surface area contributed by atoms with Gasteiger partial charge in [-0.3, -0.25) is 4.79 Å². The number of carbonyl (C=O) groups is 1. The predicted octanol–water partition coefficient (Wildman–Crippen LogP) is 3.02. The molecule has 3 nitrogen and oxygen atoms in total. The lowest BCUT2D eigenvalue weighted by molar-refractivity contribution is -0.154. The largest absolute Gasteiger partial charge is 0.416 e. The molecule has 1 aliphatic carbocycles. The first-order valence-corrected chi connectivity index (χ1v) is 6.70. The van der Waals surface area contributed by atoms with Crippen LogP contribution in [0.1, 0.15) is 37.3 Å². The highest BCUT2D eigenvalue weighted by molar-refractivity contribution is 5.85. The van der Waals surface area contributed by atoms with Crippen molar-refractivity contribution in [3.63, 3.8) is 0 Å². The molecule has 21 heavy (non-hydrogen) atoms. The fraction of sp³-hybridized carbons (Fsp3) is 0.533. The first kappa shape index (κ1) is 15.8. The van der Waals surface area contributed by atoms with E-state index in [4.69, 9.17) is 10.5 Å². The minimum absolute atomic E-state index is 0.451. The molecule has 0 heterocycles. The molecular weight excluding hydrogens is 283 g/mol. The highest BCUT2D eigenvalue weighted by Crippen LogP contribution is 2.53. The van der Waals surface area contributed by atoms with Crippen molar-refractivity contribution >= 4 is 5.91 Å². The topological polar surface area (TPSA) is 52.3 Å². The van der Waals surface area contributed by atoms with Gasteiger partial charge < -0.3 is 10.5 Å². The first-order valence-electron chi connectivity index (χ1n) is 6.70. The van der Waals surface area contributed by atoms with Crippen LogP contribution in [0.3, 0.4) is 0 Å². The van der Waals surface area contributed by atoms with Gasteiger partial charge in [0, 0.05) is 12.5 Å². The Hall–Kier alpha value is -1.56. The summed E-state index contributed by atoms with van der Waals surface area (Å²) in [5.74, 6) is -0.665. The Morgan fingerprint density at radius 3 is 2.33 bits per heavy atom. The van der Waals surface area contributed by atoms with Crippen molar-refractivity contribution in [1.82, 2.24) is 0 Å². The number of ether oxygens (including phenoxy) is 1. The van der Waals surface area contributed by atoms with Gasteiger partial charge in [0.05, 0.1) is 5.56 Å². The van der Waals surface area contributed by atoms with E-state index in [9.17, 15) is 18.0 Å². The van der Waals surface area contributed by atoms with Crippen LogP contribution in [-0.2, 0) is 21.1 Å². The molecule has 1 aromatic rings. The van der Waals surface area contributed by atoms with Crippen molar-refractivity contribution in [3.8, 4) is 0 Å². The Kier molecular flexibility index (Phi) is 3.78. The molecule has 1 amide bonds. The molecule has 1 aliphatic rings. The third kappa shape index (κ3) is 2.31. The lowest BCUT2D eigenvalue weighted by Crippen LogP contribution is -2.62. The molecule has 0 saturated heterocycles. The van der Waals surface area contributed by atoms with E-state index in [-0.39, 0.29) is 0 Å². The third-order valence-corrected chi connectivity index (χ3v) is 4.74. The summed E-state index contributed by atoms with van der Waals surface area (Å²) in [5.41, 5.74) is 3.05. The second-order valence-corrected chi connectivity index (χ2v) is 5.62. The zero-order valence-electron chi connectivity index (χ0n) is 12.0. The van der Waals surface area contributed by atoms with Gasteiger partial charge in [-0.1, -0.05) is 24.6 Å². The summed E-state index contributed by atoms with van der Waals surface area (Å²) in [6, 6.07) is 5.08. The van der Waals surface area contributed by atoms with Crippen molar-refractivity contribution in [2.75, 3.05) is 7.11 Å². The summed E-state index contributed by atoms with van der Waals surface area (Å²) in [6.45, 7) is 1.55. The van der Waals surface area contributed by atoms with Crippen LogP contribution in [0.5, 0.6) is 0 Å². The molecule has 0 aromatic heterocycles. The van der Waals surface area contributed by atoms with E-state index in [0.717, 1.165) is 18.6 Å². The van der Waals surface area contributed by atoms with Gasteiger partial charge in [0.1, 0.15) is 0 Å². The number of hydrogen-bond donors (Lipinski definition) is 1. The normalized spacial score (nSPS) is 20.4. The standard InChI is InChI=1S/C15H18F3NO2/c1-13(21-2,12(19)20)14(7-4-8-14)10-5-3-6-11(9-10)15(16,17)18/h3,5-6,9H,4,7-8H2,1-2H3,(H2,19,20). The minimum atomic E-state index is -4.42. The quantitative estimate of drug-likeness (QED) is 0.929. The molecule has 1 fully saturated rings. The van der Waals surface area contributed by atoms with Crippen LogP contribution >= 0.6 is 0 Å². The van der Waals surface area contributed by atoms with Gasteiger partial charge in [-0.05, 0) is 31.4 Å². The molecule has 1 atom stereocenters. The molecule has 1 aromatic carbocycles. The van der Waals surface area contributed by atoms with Gasteiger partial charge in [0.25, 0.3) is 0 Å².